The summed E-state index contributed by atoms with van der Waals surface area (Å²) in [4.78, 5) is 13.6. The fraction of sp³-hybridized carbons (Fsp3) is 0.0714. The van der Waals surface area contributed by atoms with Gasteiger partial charge in [0.2, 0.25) is 0 Å². The van der Waals surface area contributed by atoms with Gasteiger partial charge < -0.3 is 9.72 Å². The third-order valence-corrected chi connectivity index (χ3v) is 2.80. The molecule has 3 aromatic rings. The minimum absolute atomic E-state index is 0.0890. The lowest BCUT2D eigenvalue weighted by Crippen LogP contribution is -1.96. The lowest BCUT2D eigenvalue weighted by molar-refractivity contribution is -0.109. The fourth-order valence-corrected chi connectivity index (χ4v) is 2.05. The first-order chi connectivity index (χ1) is 8.38. The van der Waals surface area contributed by atoms with E-state index in [1.165, 1.54) is 10.8 Å². The van der Waals surface area contributed by atoms with Gasteiger partial charge in [0, 0.05) is 22.4 Å². The van der Waals surface area contributed by atoms with Crippen molar-refractivity contribution in [2.75, 3.05) is 6.61 Å². The van der Waals surface area contributed by atoms with Crippen molar-refractivity contribution in [2.24, 2.45) is 0 Å². The summed E-state index contributed by atoms with van der Waals surface area (Å²) in [5, 5.41) is 2.36. The molecule has 0 amide bonds. The smallest absolute Gasteiger partial charge is 0.157 e. The molecule has 0 atom stereocenters. The highest BCUT2D eigenvalue weighted by molar-refractivity contribution is 6.07. The van der Waals surface area contributed by atoms with Gasteiger partial charge in [-0.2, -0.15) is 0 Å². The van der Waals surface area contributed by atoms with Crippen molar-refractivity contribution in [1.82, 2.24) is 4.98 Å². The number of hydrogen-bond donors (Lipinski definition) is 1. The van der Waals surface area contributed by atoms with E-state index in [4.69, 9.17) is 4.74 Å². The van der Waals surface area contributed by atoms with Gasteiger partial charge in [0.25, 0.3) is 0 Å². The van der Waals surface area contributed by atoms with Crippen LogP contribution in [0.5, 0.6) is 5.75 Å². The van der Waals surface area contributed by atoms with Crippen molar-refractivity contribution >= 4 is 28.1 Å². The molecule has 2 aromatic carbocycles. The standard InChI is InChI=1S/C14H11NO2/c16-7-8-17-10-5-6-12-11-3-1-2-4-13(11)15-14(12)9-10/h1-7,9,15H,8H2. The molecule has 0 unspecified atom stereocenters. The summed E-state index contributed by atoms with van der Waals surface area (Å²) in [6, 6.07) is 14.0. The Balaban J connectivity index is 2.16. The number of H-pyrrole nitrogens is 1. The predicted octanol–water partition coefficient (Wildman–Crippen LogP) is 2.90. The van der Waals surface area contributed by atoms with Crippen molar-refractivity contribution in [2.45, 2.75) is 0 Å². The van der Waals surface area contributed by atoms with Crippen LogP contribution in [0.3, 0.4) is 0 Å². The third-order valence-electron chi connectivity index (χ3n) is 2.80. The van der Waals surface area contributed by atoms with Crippen LogP contribution in [0, 0.1) is 0 Å². The lowest BCUT2D eigenvalue weighted by Gasteiger charge is -2.01. The zero-order chi connectivity index (χ0) is 11.7. The Morgan fingerprint density at radius 1 is 1.06 bits per heavy atom. The molecular formula is C14H11NO2. The van der Waals surface area contributed by atoms with Gasteiger partial charge in [0.05, 0.1) is 5.52 Å². The Kier molecular flexibility index (Phi) is 2.29. The summed E-state index contributed by atoms with van der Waals surface area (Å²) in [5.41, 5.74) is 2.13. The molecule has 0 aliphatic rings. The number of carbonyl (C=O) groups is 1. The first-order valence-electron chi connectivity index (χ1n) is 5.45. The monoisotopic (exact) mass is 225 g/mol. The molecule has 0 bridgehead atoms. The van der Waals surface area contributed by atoms with E-state index < -0.39 is 0 Å². The van der Waals surface area contributed by atoms with Crippen molar-refractivity contribution < 1.29 is 9.53 Å². The van der Waals surface area contributed by atoms with Gasteiger partial charge >= 0.3 is 0 Å². The number of nitrogens with one attached hydrogen (secondary N) is 1. The van der Waals surface area contributed by atoms with E-state index in [1.807, 2.05) is 36.4 Å². The SMILES string of the molecule is O=CCOc1ccc2c(c1)[nH]c1ccccc12. The van der Waals surface area contributed by atoms with E-state index in [0.717, 1.165) is 17.3 Å². The molecule has 3 heteroatoms. The summed E-state index contributed by atoms with van der Waals surface area (Å²) in [7, 11) is 0. The predicted molar refractivity (Wildman–Crippen MR) is 67.4 cm³/mol. The summed E-state index contributed by atoms with van der Waals surface area (Å²) in [6.07, 6.45) is 0.745. The quantitative estimate of drug-likeness (QED) is 0.696. The molecule has 3 rings (SSSR count). The average molecular weight is 225 g/mol. The van der Waals surface area contributed by atoms with E-state index >= 15 is 0 Å². The Hall–Kier alpha value is -2.29. The molecule has 0 fully saturated rings. The van der Waals surface area contributed by atoms with Gasteiger partial charge in [-0.3, -0.25) is 4.79 Å². The molecule has 1 aromatic heterocycles. The number of hydrogen-bond acceptors (Lipinski definition) is 2. The molecule has 0 aliphatic heterocycles. The highest BCUT2D eigenvalue weighted by atomic mass is 16.5. The second-order valence-electron chi connectivity index (χ2n) is 3.86. The summed E-state index contributed by atoms with van der Waals surface area (Å²) < 4.78 is 5.27. The number of aromatic amines is 1. The highest BCUT2D eigenvalue weighted by Crippen LogP contribution is 2.27. The molecule has 1 heterocycles. The molecule has 17 heavy (non-hydrogen) atoms. The van der Waals surface area contributed by atoms with E-state index in [2.05, 4.69) is 11.1 Å². The van der Waals surface area contributed by atoms with Crippen LogP contribution in [0.2, 0.25) is 0 Å². The van der Waals surface area contributed by atoms with Crippen LogP contribution in [0.15, 0.2) is 42.5 Å². The molecule has 0 spiro atoms. The highest BCUT2D eigenvalue weighted by Gasteiger charge is 2.04. The number of carbonyl (C=O) groups excluding carboxylic acids is 1. The van der Waals surface area contributed by atoms with Gasteiger partial charge in [-0.05, 0) is 18.2 Å². The second-order valence-corrected chi connectivity index (χ2v) is 3.86. The number of rotatable bonds is 3. The number of ether oxygens (including phenoxy) is 1. The van der Waals surface area contributed by atoms with Gasteiger partial charge in [-0.25, -0.2) is 0 Å². The Morgan fingerprint density at radius 3 is 2.76 bits per heavy atom. The van der Waals surface area contributed by atoms with Crippen LogP contribution in [0.4, 0.5) is 0 Å². The van der Waals surface area contributed by atoms with Crippen LogP contribution in [0.25, 0.3) is 21.8 Å². The maximum Gasteiger partial charge on any atom is 0.157 e. The Labute approximate surface area is 98.0 Å². The molecular weight excluding hydrogens is 214 g/mol. The molecule has 0 saturated heterocycles. The third kappa shape index (κ3) is 1.65. The average Bonchev–Trinajstić information content (AvgIpc) is 2.74. The van der Waals surface area contributed by atoms with E-state index in [9.17, 15) is 4.79 Å². The topological polar surface area (TPSA) is 42.1 Å². The summed E-state index contributed by atoms with van der Waals surface area (Å²) >= 11 is 0. The van der Waals surface area contributed by atoms with E-state index in [1.54, 1.807) is 0 Å². The van der Waals surface area contributed by atoms with Crippen LogP contribution < -0.4 is 4.74 Å². The van der Waals surface area contributed by atoms with Crippen molar-refractivity contribution in [3.63, 3.8) is 0 Å². The maximum absolute atomic E-state index is 10.2. The minimum Gasteiger partial charge on any atom is -0.486 e. The molecule has 0 aliphatic carbocycles. The maximum atomic E-state index is 10.2. The first-order valence-corrected chi connectivity index (χ1v) is 5.45. The number of benzene rings is 2. The van der Waals surface area contributed by atoms with E-state index in [0.29, 0.717) is 5.75 Å². The van der Waals surface area contributed by atoms with Crippen LogP contribution in [-0.4, -0.2) is 17.9 Å². The summed E-state index contributed by atoms with van der Waals surface area (Å²) in [6.45, 7) is 0.0890. The lowest BCUT2D eigenvalue weighted by atomic mass is 10.1. The zero-order valence-corrected chi connectivity index (χ0v) is 9.14. The number of aldehydes is 1. The van der Waals surface area contributed by atoms with Crippen LogP contribution in [-0.2, 0) is 4.79 Å². The van der Waals surface area contributed by atoms with Gasteiger partial charge in [-0.15, -0.1) is 0 Å². The van der Waals surface area contributed by atoms with Gasteiger partial charge in [0.1, 0.15) is 12.4 Å². The zero-order valence-electron chi connectivity index (χ0n) is 9.14. The fourth-order valence-electron chi connectivity index (χ4n) is 2.05. The van der Waals surface area contributed by atoms with Crippen molar-refractivity contribution in [3.05, 3.63) is 42.5 Å². The van der Waals surface area contributed by atoms with Crippen LogP contribution >= 0.6 is 0 Å². The molecule has 3 nitrogen and oxygen atoms in total. The molecule has 0 radical (unpaired) electrons. The molecule has 1 N–H and O–H groups in total. The molecule has 0 saturated carbocycles. The minimum atomic E-state index is 0.0890. The number of fused-ring (bicyclic) bond motifs is 3. The normalized spacial score (nSPS) is 10.8. The second kappa shape index (κ2) is 3.94. The van der Waals surface area contributed by atoms with Crippen molar-refractivity contribution in [1.29, 1.82) is 0 Å². The summed E-state index contributed by atoms with van der Waals surface area (Å²) in [5.74, 6) is 0.705. The number of para-hydroxylation sites is 1. The molecule has 84 valence electrons. The Bertz CT molecular complexity index is 685. The largest absolute Gasteiger partial charge is 0.486 e. The Morgan fingerprint density at radius 2 is 1.88 bits per heavy atom. The van der Waals surface area contributed by atoms with E-state index in [-0.39, 0.29) is 6.61 Å². The van der Waals surface area contributed by atoms with Gasteiger partial charge in [0.15, 0.2) is 6.29 Å². The van der Waals surface area contributed by atoms with Crippen molar-refractivity contribution in [3.8, 4) is 5.75 Å². The van der Waals surface area contributed by atoms with Gasteiger partial charge in [-0.1, -0.05) is 18.2 Å². The van der Waals surface area contributed by atoms with Crippen LogP contribution in [0.1, 0.15) is 0 Å². The first kappa shape index (κ1) is 9.90. The number of aromatic nitrogens is 1.